The first-order valence-corrected chi connectivity index (χ1v) is 7.52. The normalized spacial score (nSPS) is 14.6. The molecule has 0 atom stereocenters. The van der Waals surface area contributed by atoms with Crippen molar-refractivity contribution in [1.29, 1.82) is 0 Å². The van der Waals surface area contributed by atoms with Crippen LogP contribution in [0.15, 0.2) is 35.6 Å². The van der Waals surface area contributed by atoms with Crippen LogP contribution in [0, 0.1) is 0 Å². The van der Waals surface area contributed by atoms with E-state index in [1.807, 2.05) is 6.33 Å². The molecule has 0 amide bonds. The molecule has 1 aliphatic carbocycles. The summed E-state index contributed by atoms with van der Waals surface area (Å²) < 4.78 is 2.16. The highest BCUT2D eigenvalue weighted by molar-refractivity contribution is 5.67. The van der Waals surface area contributed by atoms with Gasteiger partial charge in [-0.15, -0.1) is 0 Å². The Hall–Kier alpha value is -1.90. The van der Waals surface area contributed by atoms with Crippen molar-refractivity contribution in [3.05, 3.63) is 47.2 Å². The molecule has 20 heavy (non-hydrogen) atoms. The van der Waals surface area contributed by atoms with Gasteiger partial charge in [0.15, 0.2) is 0 Å². The molecular weight excluding hydrogens is 246 g/mol. The number of nitrogens with zero attached hydrogens (tertiary/aromatic N) is 3. The Morgan fingerprint density at radius 2 is 2.05 bits per heavy atom. The average Bonchev–Trinajstić information content (AvgIpc) is 2.67. The summed E-state index contributed by atoms with van der Waals surface area (Å²) in [5.41, 5.74) is 6.28. The lowest BCUT2D eigenvalue weighted by molar-refractivity contribution is 0.666. The van der Waals surface area contributed by atoms with Gasteiger partial charge in [0.2, 0.25) is 0 Å². The zero-order valence-electron chi connectivity index (χ0n) is 12.3. The van der Waals surface area contributed by atoms with Crippen molar-refractivity contribution in [3.63, 3.8) is 0 Å². The van der Waals surface area contributed by atoms with Crippen LogP contribution < -0.4 is 5.49 Å². The molecule has 0 unspecified atom stereocenters. The van der Waals surface area contributed by atoms with Crippen molar-refractivity contribution in [1.82, 2.24) is 9.55 Å². The molecule has 2 aromatic rings. The highest BCUT2D eigenvalue weighted by Gasteiger charge is 2.17. The van der Waals surface area contributed by atoms with E-state index in [1.54, 1.807) is 0 Å². The molecule has 1 aliphatic rings. The molecule has 3 nitrogen and oxygen atoms in total. The smallest absolute Gasteiger partial charge is 0.134 e. The molecule has 0 fully saturated rings. The fourth-order valence-electron chi connectivity index (χ4n) is 2.99. The Labute approximate surface area is 120 Å². The minimum atomic E-state index is 0.818. The minimum absolute atomic E-state index is 0.818. The third-order valence-corrected chi connectivity index (χ3v) is 3.95. The molecule has 1 aromatic heterocycles. The maximum absolute atomic E-state index is 4.74. The Balaban J connectivity index is 2.31. The molecule has 104 valence electrons. The van der Waals surface area contributed by atoms with Gasteiger partial charge in [-0.2, -0.15) is 0 Å². The third-order valence-electron chi connectivity index (χ3n) is 3.95. The number of hydrogen-bond donors (Lipinski definition) is 0. The predicted molar refractivity (Wildman–Crippen MR) is 81.5 cm³/mol. The molecule has 0 saturated heterocycles. The average molecular weight is 267 g/mol. The maximum atomic E-state index is 4.74. The number of benzene rings is 1. The number of aryl methyl sites for hydroxylation is 2. The predicted octanol–water partition coefficient (Wildman–Crippen LogP) is 2.98. The summed E-state index contributed by atoms with van der Waals surface area (Å²) in [7, 11) is 0. The van der Waals surface area contributed by atoms with Gasteiger partial charge in [-0.3, -0.25) is 4.99 Å². The van der Waals surface area contributed by atoms with Gasteiger partial charge < -0.3 is 4.57 Å². The van der Waals surface area contributed by atoms with Crippen LogP contribution in [-0.4, -0.2) is 16.1 Å². The van der Waals surface area contributed by atoms with Gasteiger partial charge in [-0.1, -0.05) is 24.3 Å². The van der Waals surface area contributed by atoms with Crippen molar-refractivity contribution in [2.45, 2.75) is 39.7 Å². The van der Waals surface area contributed by atoms with E-state index >= 15 is 0 Å². The van der Waals surface area contributed by atoms with Gasteiger partial charge >= 0.3 is 0 Å². The molecule has 1 heterocycles. The summed E-state index contributed by atoms with van der Waals surface area (Å²) in [6.07, 6.45) is 5.31. The molecule has 0 spiro atoms. The quantitative estimate of drug-likeness (QED) is 0.822. The van der Waals surface area contributed by atoms with Crippen LogP contribution >= 0.6 is 0 Å². The third kappa shape index (κ3) is 2.17. The second-order valence-corrected chi connectivity index (χ2v) is 5.17. The van der Waals surface area contributed by atoms with E-state index in [0.717, 1.165) is 37.1 Å². The van der Waals surface area contributed by atoms with E-state index in [0.29, 0.717) is 0 Å². The molecule has 3 heteroatoms. The highest BCUT2D eigenvalue weighted by Crippen LogP contribution is 2.28. The van der Waals surface area contributed by atoms with Gasteiger partial charge in [0, 0.05) is 24.2 Å². The standard InChI is InChI=1S/C17H21N3/c1-3-18-17-15-11-7-9-13-8-5-6-10-14(13)16(15)19-12-20(17)4-2/h5-6,8,10,12H,3-4,7,9,11H2,1-2H3. The zero-order valence-corrected chi connectivity index (χ0v) is 12.3. The molecule has 0 radical (unpaired) electrons. The van der Waals surface area contributed by atoms with E-state index < -0.39 is 0 Å². The Morgan fingerprint density at radius 1 is 1.20 bits per heavy atom. The van der Waals surface area contributed by atoms with E-state index in [9.17, 15) is 0 Å². The lowest BCUT2D eigenvalue weighted by Crippen LogP contribution is -2.26. The first kappa shape index (κ1) is 13.1. The van der Waals surface area contributed by atoms with Gasteiger partial charge in [0.05, 0.1) is 12.0 Å². The highest BCUT2D eigenvalue weighted by atomic mass is 15.1. The van der Waals surface area contributed by atoms with Gasteiger partial charge in [0.1, 0.15) is 5.49 Å². The van der Waals surface area contributed by atoms with Crippen molar-refractivity contribution in [2.24, 2.45) is 4.99 Å². The fourth-order valence-corrected chi connectivity index (χ4v) is 2.99. The monoisotopic (exact) mass is 267 g/mol. The van der Waals surface area contributed by atoms with Crippen molar-refractivity contribution < 1.29 is 0 Å². The minimum Gasteiger partial charge on any atom is -0.317 e. The second kappa shape index (κ2) is 5.61. The lowest BCUT2D eigenvalue weighted by atomic mass is 10.0. The van der Waals surface area contributed by atoms with Gasteiger partial charge in [0.25, 0.3) is 0 Å². The van der Waals surface area contributed by atoms with E-state index in [4.69, 9.17) is 9.98 Å². The maximum Gasteiger partial charge on any atom is 0.134 e. The molecular formula is C17H21N3. The number of fused-ring (bicyclic) bond motifs is 3. The molecule has 0 bridgehead atoms. The number of rotatable bonds is 2. The molecule has 3 rings (SSSR count). The van der Waals surface area contributed by atoms with Crippen LogP contribution in [0.2, 0.25) is 0 Å². The SMILES string of the molecule is CCN=c1c2c(ncn1CC)-c1ccccc1CCC2. The Morgan fingerprint density at radius 3 is 2.85 bits per heavy atom. The van der Waals surface area contributed by atoms with Gasteiger partial charge in [-0.25, -0.2) is 4.98 Å². The van der Waals surface area contributed by atoms with E-state index in [1.165, 1.54) is 23.1 Å². The molecule has 0 N–H and O–H groups in total. The summed E-state index contributed by atoms with van der Waals surface area (Å²) in [5.74, 6) is 0. The molecule has 0 saturated carbocycles. The van der Waals surface area contributed by atoms with Crippen LogP contribution in [0.5, 0.6) is 0 Å². The Bertz CT molecular complexity index is 683. The topological polar surface area (TPSA) is 30.2 Å². The lowest BCUT2D eigenvalue weighted by Gasteiger charge is -2.12. The van der Waals surface area contributed by atoms with Crippen molar-refractivity contribution in [3.8, 4) is 11.3 Å². The van der Waals surface area contributed by atoms with E-state index in [-0.39, 0.29) is 0 Å². The van der Waals surface area contributed by atoms with Crippen molar-refractivity contribution >= 4 is 0 Å². The first-order valence-electron chi connectivity index (χ1n) is 7.52. The van der Waals surface area contributed by atoms with E-state index in [2.05, 4.69) is 42.7 Å². The number of hydrogen-bond acceptors (Lipinski definition) is 2. The summed E-state index contributed by atoms with van der Waals surface area (Å²) in [5, 5.41) is 0. The number of aromatic nitrogens is 2. The molecule has 1 aromatic carbocycles. The van der Waals surface area contributed by atoms with Crippen LogP contribution in [0.3, 0.4) is 0 Å². The summed E-state index contributed by atoms with van der Waals surface area (Å²) in [4.78, 5) is 9.47. The van der Waals surface area contributed by atoms with Gasteiger partial charge in [-0.05, 0) is 38.7 Å². The van der Waals surface area contributed by atoms with Crippen LogP contribution in [0.25, 0.3) is 11.3 Å². The molecule has 0 aliphatic heterocycles. The van der Waals surface area contributed by atoms with Crippen LogP contribution in [-0.2, 0) is 19.4 Å². The zero-order chi connectivity index (χ0) is 13.9. The summed E-state index contributed by atoms with van der Waals surface area (Å²) in [6, 6.07) is 8.64. The van der Waals surface area contributed by atoms with Crippen LogP contribution in [0.1, 0.15) is 31.4 Å². The fraction of sp³-hybridized carbons (Fsp3) is 0.412. The first-order chi connectivity index (χ1) is 9.85. The summed E-state index contributed by atoms with van der Waals surface area (Å²) >= 11 is 0. The van der Waals surface area contributed by atoms with Crippen LogP contribution in [0.4, 0.5) is 0 Å². The Kier molecular flexibility index (Phi) is 3.68. The largest absolute Gasteiger partial charge is 0.317 e. The summed E-state index contributed by atoms with van der Waals surface area (Å²) in [6.45, 7) is 5.98. The van der Waals surface area contributed by atoms with Crippen molar-refractivity contribution in [2.75, 3.05) is 6.54 Å². The second-order valence-electron chi connectivity index (χ2n) is 5.17.